The second kappa shape index (κ2) is 6.25. The molecule has 0 aromatic carbocycles. The van der Waals surface area contributed by atoms with E-state index in [0.29, 0.717) is 0 Å². The van der Waals surface area contributed by atoms with E-state index >= 15 is 0 Å². The van der Waals surface area contributed by atoms with Crippen LogP contribution in [0.1, 0.15) is 38.7 Å². The number of aryl methyl sites for hydroxylation is 2. The van der Waals surface area contributed by atoms with Crippen molar-refractivity contribution in [2.75, 3.05) is 11.9 Å². The SMILES string of the molecule is CCCc1nc(CC)c(I)c(NCC)n1. The molecule has 84 valence electrons. The van der Waals surface area contributed by atoms with Crippen molar-refractivity contribution in [3.05, 3.63) is 15.1 Å². The Morgan fingerprint density at radius 2 is 1.93 bits per heavy atom. The molecule has 0 saturated heterocycles. The van der Waals surface area contributed by atoms with Crippen LogP contribution in [0.3, 0.4) is 0 Å². The number of aromatic nitrogens is 2. The molecular formula is C11H18IN3. The van der Waals surface area contributed by atoms with Crippen molar-refractivity contribution in [2.24, 2.45) is 0 Å². The maximum absolute atomic E-state index is 4.56. The summed E-state index contributed by atoms with van der Waals surface area (Å²) >= 11 is 2.32. The highest BCUT2D eigenvalue weighted by molar-refractivity contribution is 14.1. The standard InChI is InChI=1S/C11H18IN3/c1-4-7-9-14-8(5-2)10(12)11(15-9)13-6-3/h4-7H2,1-3H3,(H,13,14,15). The van der Waals surface area contributed by atoms with Gasteiger partial charge in [0.1, 0.15) is 11.6 Å². The molecule has 1 heterocycles. The summed E-state index contributed by atoms with van der Waals surface area (Å²) in [6, 6.07) is 0. The Kier molecular flexibility index (Phi) is 5.28. The zero-order chi connectivity index (χ0) is 11.3. The monoisotopic (exact) mass is 319 g/mol. The molecule has 1 rings (SSSR count). The first-order valence-corrected chi connectivity index (χ1v) is 6.59. The number of rotatable bonds is 5. The highest BCUT2D eigenvalue weighted by Gasteiger charge is 2.09. The second-order valence-electron chi connectivity index (χ2n) is 3.38. The molecule has 1 N–H and O–H groups in total. The normalized spacial score (nSPS) is 10.4. The second-order valence-corrected chi connectivity index (χ2v) is 4.46. The van der Waals surface area contributed by atoms with E-state index in [-0.39, 0.29) is 0 Å². The first-order chi connectivity index (χ1) is 7.22. The molecule has 0 unspecified atom stereocenters. The molecule has 4 heteroatoms. The predicted molar refractivity (Wildman–Crippen MR) is 72.3 cm³/mol. The fraction of sp³-hybridized carbons (Fsp3) is 0.636. The van der Waals surface area contributed by atoms with E-state index < -0.39 is 0 Å². The van der Waals surface area contributed by atoms with Gasteiger partial charge in [-0.1, -0.05) is 13.8 Å². The van der Waals surface area contributed by atoms with Crippen LogP contribution >= 0.6 is 22.6 Å². The first kappa shape index (κ1) is 12.7. The van der Waals surface area contributed by atoms with E-state index in [9.17, 15) is 0 Å². The Morgan fingerprint density at radius 1 is 1.20 bits per heavy atom. The molecule has 0 aliphatic carbocycles. The summed E-state index contributed by atoms with van der Waals surface area (Å²) in [5.74, 6) is 1.96. The van der Waals surface area contributed by atoms with Gasteiger partial charge < -0.3 is 5.32 Å². The summed E-state index contributed by atoms with van der Waals surface area (Å²) < 4.78 is 1.16. The third-order valence-corrected chi connectivity index (χ3v) is 3.25. The van der Waals surface area contributed by atoms with Crippen molar-refractivity contribution < 1.29 is 0 Å². The van der Waals surface area contributed by atoms with E-state index in [1.807, 2.05) is 0 Å². The Bertz CT molecular complexity index is 326. The van der Waals surface area contributed by atoms with E-state index in [2.05, 4.69) is 58.6 Å². The number of halogens is 1. The van der Waals surface area contributed by atoms with E-state index in [1.165, 1.54) is 0 Å². The number of hydrogen-bond donors (Lipinski definition) is 1. The van der Waals surface area contributed by atoms with Crippen molar-refractivity contribution in [2.45, 2.75) is 40.0 Å². The topological polar surface area (TPSA) is 37.8 Å². The lowest BCUT2D eigenvalue weighted by Crippen LogP contribution is -2.09. The Morgan fingerprint density at radius 3 is 2.47 bits per heavy atom. The third-order valence-electron chi connectivity index (χ3n) is 2.12. The van der Waals surface area contributed by atoms with Crippen LogP contribution in [0.25, 0.3) is 0 Å². The summed E-state index contributed by atoms with van der Waals surface area (Å²) in [4.78, 5) is 9.10. The number of hydrogen-bond acceptors (Lipinski definition) is 3. The number of anilines is 1. The highest BCUT2D eigenvalue weighted by atomic mass is 127. The fourth-order valence-electron chi connectivity index (χ4n) is 1.40. The highest BCUT2D eigenvalue weighted by Crippen LogP contribution is 2.20. The van der Waals surface area contributed by atoms with Gasteiger partial charge in [-0.05, 0) is 42.4 Å². The van der Waals surface area contributed by atoms with Gasteiger partial charge in [-0.25, -0.2) is 9.97 Å². The van der Waals surface area contributed by atoms with Crippen LogP contribution in [0.2, 0.25) is 0 Å². The summed E-state index contributed by atoms with van der Waals surface area (Å²) in [7, 11) is 0. The average molecular weight is 319 g/mol. The van der Waals surface area contributed by atoms with Crippen LogP contribution in [0.15, 0.2) is 0 Å². The van der Waals surface area contributed by atoms with Crippen LogP contribution < -0.4 is 5.32 Å². The van der Waals surface area contributed by atoms with Gasteiger partial charge in [0.15, 0.2) is 0 Å². The van der Waals surface area contributed by atoms with E-state index in [0.717, 1.165) is 46.7 Å². The molecular weight excluding hydrogens is 301 g/mol. The van der Waals surface area contributed by atoms with E-state index in [4.69, 9.17) is 0 Å². The lowest BCUT2D eigenvalue weighted by molar-refractivity contribution is 0.809. The first-order valence-electron chi connectivity index (χ1n) is 5.52. The lowest BCUT2D eigenvalue weighted by Gasteiger charge is -2.10. The molecule has 0 fully saturated rings. The molecule has 1 aromatic heterocycles. The smallest absolute Gasteiger partial charge is 0.143 e. The zero-order valence-electron chi connectivity index (χ0n) is 9.60. The molecule has 0 atom stereocenters. The van der Waals surface area contributed by atoms with Gasteiger partial charge >= 0.3 is 0 Å². The van der Waals surface area contributed by atoms with Gasteiger partial charge in [0.05, 0.1) is 9.26 Å². The van der Waals surface area contributed by atoms with Crippen molar-refractivity contribution in [3.63, 3.8) is 0 Å². The molecule has 0 aliphatic rings. The van der Waals surface area contributed by atoms with Crippen LogP contribution in [0.5, 0.6) is 0 Å². The lowest BCUT2D eigenvalue weighted by atomic mass is 10.2. The molecule has 15 heavy (non-hydrogen) atoms. The molecule has 0 saturated carbocycles. The fourth-order valence-corrected chi connectivity index (χ4v) is 2.21. The Labute approximate surface area is 105 Å². The zero-order valence-corrected chi connectivity index (χ0v) is 11.8. The van der Waals surface area contributed by atoms with Crippen LogP contribution in [-0.2, 0) is 12.8 Å². The van der Waals surface area contributed by atoms with Crippen LogP contribution in [0, 0.1) is 3.57 Å². The van der Waals surface area contributed by atoms with Gasteiger partial charge in [-0.3, -0.25) is 0 Å². The Balaban J connectivity index is 3.07. The average Bonchev–Trinajstić information content (AvgIpc) is 2.23. The van der Waals surface area contributed by atoms with Gasteiger partial charge in [-0.15, -0.1) is 0 Å². The maximum Gasteiger partial charge on any atom is 0.143 e. The molecule has 0 aliphatic heterocycles. The van der Waals surface area contributed by atoms with Crippen molar-refractivity contribution in [1.29, 1.82) is 0 Å². The minimum absolute atomic E-state index is 0.904. The van der Waals surface area contributed by atoms with Crippen LogP contribution in [0.4, 0.5) is 5.82 Å². The Hall–Kier alpha value is -0.390. The van der Waals surface area contributed by atoms with Gasteiger partial charge in [0.2, 0.25) is 0 Å². The third kappa shape index (κ3) is 3.29. The minimum Gasteiger partial charge on any atom is -0.369 e. The van der Waals surface area contributed by atoms with Gasteiger partial charge in [0.25, 0.3) is 0 Å². The summed E-state index contributed by atoms with van der Waals surface area (Å²) in [5, 5.41) is 3.29. The van der Waals surface area contributed by atoms with Crippen molar-refractivity contribution in [3.8, 4) is 0 Å². The predicted octanol–water partition coefficient (Wildman–Crippen LogP) is 3.03. The maximum atomic E-state index is 4.56. The summed E-state index contributed by atoms with van der Waals surface area (Å²) in [6.45, 7) is 7.28. The van der Waals surface area contributed by atoms with Crippen molar-refractivity contribution in [1.82, 2.24) is 9.97 Å². The molecule has 1 aromatic rings. The minimum atomic E-state index is 0.904. The van der Waals surface area contributed by atoms with Gasteiger partial charge in [-0.2, -0.15) is 0 Å². The molecule has 0 spiro atoms. The van der Waals surface area contributed by atoms with Crippen molar-refractivity contribution >= 4 is 28.4 Å². The molecule has 0 radical (unpaired) electrons. The quantitative estimate of drug-likeness (QED) is 0.848. The molecule has 0 amide bonds. The summed E-state index contributed by atoms with van der Waals surface area (Å²) in [6.07, 6.45) is 3.02. The molecule has 0 bridgehead atoms. The number of nitrogens with one attached hydrogen (secondary N) is 1. The summed E-state index contributed by atoms with van der Waals surface area (Å²) in [5.41, 5.74) is 1.16. The van der Waals surface area contributed by atoms with E-state index in [1.54, 1.807) is 0 Å². The van der Waals surface area contributed by atoms with Gasteiger partial charge in [0, 0.05) is 13.0 Å². The van der Waals surface area contributed by atoms with Crippen LogP contribution in [-0.4, -0.2) is 16.5 Å². The number of nitrogens with zero attached hydrogens (tertiary/aromatic N) is 2. The largest absolute Gasteiger partial charge is 0.369 e. The molecule has 3 nitrogen and oxygen atoms in total.